The molecule has 3 aromatic rings. The molecule has 1 amide bonds. The van der Waals surface area contributed by atoms with Crippen LogP contribution in [0.15, 0.2) is 41.1 Å². The minimum atomic E-state index is -0.0987. The van der Waals surface area contributed by atoms with Crippen LogP contribution in [-0.2, 0) is 11.2 Å². The van der Waals surface area contributed by atoms with Crippen molar-refractivity contribution in [2.45, 2.75) is 33.2 Å². The van der Waals surface area contributed by atoms with E-state index in [-0.39, 0.29) is 17.9 Å². The molecule has 7 nitrogen and oxygen atoms in total. The van der Waals surface area contributed by atoms with Crippen molar-refractivity contribution in [3.8, 4) is 11.3 Å². The van der Waals surface area contributed by atoms with Crippen molar-refractivity contribution >= 4 is 5.91 Å². The van der Waals surface area contributed by atoms with Gasteiger partial charge in [-0.2, -0.15) is 0 Å². The van der Waals surface area contributed by atoms with E-state index in [0.29, 0.717) is 19.5 Å². The fourth-order valence-corrected chi connectivity index (χ4v) is 3.50. The first-order valence-electron chi connectivity index (χ1n) is 9.20. The Morgan fingerprint density at radius 3 is 2.67 bits per heavy atom. The van der Waals surface area contributed by atoms with E-state index in [2.05, 4.69) is 15.5 Å². The van der Waals surface area contributed by atoms with E-state index in [1.165, 1.54) is 0 Å². The number of hydrogen-bond acceptors (Lipinski definition) is 5. The van der Waals surface area contributed by atoms with E-state index >= 15 is 0 Å². The monoisotopic (exact) mass is 365 g/mol. The lowest BCUT2D eigenvalue weighted by atomic mass is 9.96. The third-order valence-electron chi connectivity index (χ3n) is 5.24. The van der Waals surface area contributed by atoms with Crippen LogP contribution in [0.1, 0.15) is 30.0 Å². The molecule has 0 unspecified atom stereocenters. The average molecular weight is 365 g/mol. The van der Waals surface area contributed by atoms with Crippen LogP contribution in [0.2, 0.25) is 0 Å². The van der Waals surface area contributed by atoms with Crippen LogP contribution in [0, 0.1) is 19.8 Å². The van der Waals surface area contributed by atoms with Crippen molar-refractivity contribution in [2.24, 2.45) is 5.92 Å². The van der Waals surface area contributed by atoms with Gasteiger partial charge in [0, 0.05) is 30.1 Å². The Labute approximate surface area is 158 Å². The molecule has 0 aliphatic carbocycles. The molecule has 1 saturated heterocycles. The largest absolute Gasteiger partial charge is 0.361 e. The molecule has 27 heavy (non-hydrogen) atoms. The van der Waals surface area contributed by atoms with Crippen molar-refractivity contribution in [1.29, 1.82) is 0 Å². The maximum absolute atomic E-state index is 12.7. The minimum absolute atomic E-state index is 0.0987. The van der Waals surface area contributed by atoms with Crippen LogP contribution in [-0.4, -0.2) is 44.0 Å². The Kier molecular flexibility index (Phi) is 4.51. The van der Waals surface area contributed by atoms with Gasteiger partial charge in [0.2, 0.25) is 5.91 Å². The summed E-state index contributed by atoms with van der Waals surface area (Å²) in [5.74, 6) is 0.859. The Balaban J connectivity index is 1.35. The van der Waals surface area contributed by atoms with Crippen LogP contribution < -0.4 is 0 Å². The number of nitrogens with zero attached hydrogens (tertiary/aromatic N) is 5. The van der Waals surface area contributed by atoms with Gasteiger partial charge in [-0.05, 0) is 20.3 Å². The molecule has 0 saturated carbocycles. The van der Waals surface area contributed by atoms with Crippen molar-refractivity contribution < 1.29 is 9.32 Å². The highest BCUT2D eigenvalue weighted by Crippen LogP contribution is 2.26. The zero-order valence-corrected chi connectivity index (χ0v) is 15.8. The maximum Gasteiger partial charge on any atom is 0.225 e. The number of aromatic nitrogens is 4. The summed E-state index contributed by atoms with van der Waals surface area (Å²) >= 11 is 0. The molecule has 0 radical (unpaired) electrons. The Bertz CT molecular complexity index is 921. The lowest BCUT2D eigenvalue weighted by Gasteiger charge is -2.40. The second-order valence-electron chi connectivity index (χ2n) is 7.25. The van der Waals surface area contributed by atoms with Gasteiger partial charge in [0.1, 0.15) is 11.5 Å². The van der Waals surface area contributed by atoms with Crippen LogP contribution in [0.3, 0.4) is 0 Å². The third-order valence-corrected chi connectivity index (χ3v) is 5.24. The average Bonchev–Trinajstić information content (AvgIpc) is 3.23. The first-order valence-corrected chi connectivity index (χ1v) is 9.20. The van der Waals surface area contributed by atoms with Gasteiger partial charge in [0.15, 0.2) is 0 Å². The highest BCUT2D eigenvalue weighted by molar-refractivity contribution is 5.79. The van der Waals surface area contributed by atoms with E-state index in [4.69, 9.17) is 4.52 Å². The molecule has 1 fully saturated rings. The van der Waals surface area contributed by atoms with E-state index in [1.807, 2.05) is 66.9 Å². The number of likely N-dealkylation sites (tertiary alicyclic amines) is 1. The molecule has 0 bridgehead atoms. The Morgan fingerprint density at radius 1 is 1.26 bits per heavy atom. The van der Waals surface area contributed by atoms with Gasteiger partial charge >= 0.3 is 0 Å². The predicted octanol–water partition coefficient (Wildman–Crippen LogP) is 2.81. The highest BCUT2D eigenvalue weighted by atomic mass is 16.5. The van der Waals surface area contributed by atoms with Gasteiger partial charge in [-0.1, -0.05) is 47.6 Å². The zero-order valence-electron chi connectivity index (χ0n) is 15.8. The van der Waals surface area contributed by atoms with E-state index < -0.39 is 0 Å². The van der Waals surface area contributed by atoms with Gasteiger partial charge < -0.3 is 9.42 Å². The molecule has 1 atom stereocenters. The van der Waals surface area contributed by atoms with Crippen molar-refractivity contribution in [3.63, 3.8) is 0 Å². The second kappa shape index (κ2) is 6.98. The number of carbonyl (C=O) groups excluding carboxylic acids is 1. The zero-order chi connectivity index (χ0) is 19.0. The van der Waals surface area contributed by atoms with Crippen LogP contribution >= 0.6 is 0 Å². The van der Waals surface area contributed by atoms with Gasteiger partial charge in [-0.15, -0.1) is 5.10 Å². The maximum atomic E-state index is 12.7. The molecular weight excluding hydrogens is 342 g/mol. The summed E-state index contributed by atoms with van der Waals surface area (Å²) in [6.45, 7) is 7.11. The number of carbonyl (C=O) groups is 1. The molecule has 1 aromatic carbocycles. The lowest BCUT2D eigenvalue weighted by molar-refractivity contribution is -0.141. The van der Waals surface area contributed by atoms with E-state index in [0.717, 1.165) is 28.3 Å². The lowest BCUT2D eigenvalue weighted by Crippen LogP contribution is -2.52. The number of rotatable bonds is 5. The smallest absolute Gasteiger partial charge is 0.225 e. The summed E-state index contributed by atoms with van der Waals surface area (Å²) in [7, 11) is 0. The quantitative estimate of drug-likeness (QED) is 0.695. The molecular formula is C20H23N5O2. The van der Waals surface area contributed by atoms with Crippen LogP contribution in [0.5, 0.6) is 0 Å². The molecule has 7 heteroatoms. The molecule has 0 spiro atoms. The summed E-state index contributed by atoms with van der Waals surface area (Å²) in [5.41, 5.74) is 3.80. The van der Waals surface area contributed by atoms with Crippen LogP contribution in [0.25, 0.3) is 11.3 Å². The topological polar surface area (TPSA) is 77.0 Å². The minimum Gasteiger partial charge on any atom is -0.361 e. The number of amides is 1. The summed E-state index contributed by atoms with van der Waals surface area (Å²) < 4.78 is 7.06. The molecule has 1 aliphatic heterocycles. The molecule has 0 N–H and O–H groups in total. The van der Waals surface area contributed by atoms with Crippen molar-refractivity contribution in [3.05, 3.63) is 53.5 Å². The molecule has 140 valence electrons. The van der Waals surface area contributed by atoms with Gasteiger partial charge in [0.25, 0.3) is 0 Å². The third kappa shape index (κ3) is 3.37. The SMILES string of the molecule is Cc1noc(C)c1C[C@@H](C)C(=O)N1CC(n2cc(-c3ccccc3)nn2)C1. The number of aryl methyl sites for hydroxylation is 2. The Hall–Kier alpha value is -2.96. The predicted molar refractivity (Wildman–Crippen MR) is 99.9 cm³/mol. The van der Waals surface area contributed by atoms with Gasteiger partial charge in [-0.25, -0.2) is 4.68 Å². The van der Waals surface area contributed by atoms with Crippen molar-refractivity contribution in [2.75, 3.05) is 13.1 Å². The first-order chi connectivity index (χ1) is 13.0. The molecule has 4 rings (SSSR count). The highest BCUT2D eigenvalue weighted by Gasteiger charge is 2.35. The second-order valence-corrected chi connectivity index (χ2v) is 7.25. The van der Waals surface area contributed by atoms with Gasteiger partial charge in [0.05, 0.1) is 17.9 Å². The Morgan fingerprint density at radius 2 is 2.00 bits per heavy atom. The molecule has 3 heterocycles. The normalized spacial score (nSPS) is 15.6. The summed E-state index contributed by atoms with van der Waals surface area (Å²) in [6.07, 6.45) is 2.61. The first kappa shape index (κ1) is 17.5. The summed E-state index contributed by atoms with van der Waals surface area (Å²) in [4.78, 5) is 14.6. The van der Waals surface area contributed by atoms with Gasteiger partial charge in [-0.3, -0.25) is 4.79 Å². The standard InChI is InChI=1S/C20H23N5O2/c1-13(9-18-14(2)22-27-15(18)3)20(26)24-10-17(11-24)25-12-19(21-23-25)16-7-5-4-6-8-16/h4-8,12-13,17H,9-11H2,1-3H3/t13-/m1/s1. The summed E-state index contributed by atoms with van der Waals surface area (Å²) in [6, 6.07) is 10.2. The van der Waals surface area contributed by atoms with E-state index in [1.54, 1.807) is 0 Å². The number of benzene rings is 1. The van der Waals surface area contributed by atoms with E-state index in [9.17, 15) is 4.79 Å². The van der Waals surface area contributed by atoms with Crippen molar-refractivity contribution in [1.82, 2.24) is 25.1 Å². The molecule has 2 aromatic heterocycles. The fraction of sp³-hybridized carbons (Fsp3) is 0.400. The summed E-state index contributed by atoms with van der Waals surface area (Å²) in [5, 5.41) is 12.5. The number of hydrogen-bond donors (Lipinski definition) is 0. The van der Waals surface area contributed by atoms with Crippen LogP contribution in [0.4, 0.5) is 0 Å². The fourth-order valence-electron chi connectivity index (χ4n) is 3.50. The molecule has 1 aliphatic rings.